The first-order valence-corrected chi connectivity index (χ1v) is 13.3. The zero-order valence-electron chi connectivity index (χ0n) is 20.7. The third-order valence-corrected chi connectivity index (χ3v) is 7.67. The molecule has 1 saturated heterocycles. The highest BCUT2D eigenvalue weighted by Crippen LogP contribution is 2.53. The zero-order chi connectivity index (χ0) is 28.1. The number of aromatic amines is 1. The molecule has 0 bridgehead atoms. The van der Waals surface area contributed by atoms with Crippen LogP contribution in [0.5, 0.6) is 34.5 Å². The minimum atomic E-state index is -4.56. The minimum absolute atomic E-state index is 0.000887. The highest BCUT2D eigenvalue weighted by atomic mass is 31.2. The van der Waals surface area contributed by atoms with Crippen molar-refractivity contribution in [1.82, 2.24) is 9.55 Å². The summed E-state index contributed by atoms with van der Waals surface area (Å²) < 4.78 is 73.8. The number of halogens is 1. The van der Waals surface area contributed by atoms with Crippen LogP contribution >= 0.6 is 7.82 Å². The van der Waals surface area contributed by atoms with E-state index in [1.165, 1.54) is 36.4 Å². The molecular formula is C24H22FN2O12P. The third kappa shape index (κ3) is 4.88. The summed E-state index contributed by atoms with van der Waals surface area (Å²) in [5.41, 5.74) is -4.14. The molecule has 4 heterocycles. The number of alkyl halides is 1. The van der Waals surface area contributed by atoms with Gasteiger partial charge in [0.2, 0.25) is 13.6 Å². The molecule has 3 aliphatic rings. The summed E-state index contributed by atoms with van der Waals surface area (Å²) in [6, 6.07) is 9.80. The molecule has 6 rings (SSSR count). The lowest BCUT2D eigenvalue weighted by Gasteiger charge is -2.24. The molecule has 4 atom stereocenters. The number of phosphoric acid groups is 1. The third-order valence-electron chi connectivity index (χ3n) is 6.34. The van der Waals surface area contributed by atoms with Crippen LogP contribution in [0.1, 0.15) is 13.2 Å². The van der Waals surface area contributed by atoms with Crippen LogP contribution in [0.15, 0.2) is 58.3 Å². The number of aliphatic hydroxyl groups is 1. The lowest BCUT2D eigenvalue weighted by Crippen LogP contribution is -2.43. The van der Waals surface area contributed by atoms with Gasteiger partial charge in [-0.15, -0.1) is 0 Å². The molecule has 16 heteroatoms. The summed E-state index contributed by atoms with van der Waals surface area (Å²) in [6.45, 7) is 0.339. The standard InChI is InChI=1S/C24H22FN2O12P/c1-24(25)21(29)19(37-22(24)27-7-6-20(28)26-23(27)30)10-36-40(31,38-13-2-4-15-17(8-13)34-11-32-15)39-14-3-5-16-18(9-14)35-12-33-16/h2-9,19,21-22,29H,10-12H2,1H3,(H,26,28,30)/t19-,21-,22-,24-/m1/s1. The van der Waals surface area contributed by atoms with Gasteiger partial charge < -0.3 is 37.8 Å². The van der Waals surface area contributed by atoms with Crippen molar-refractivity contribution < 1.29 is 51.3 Å². The maximum atomic E-state index is 15.6. The molecule has 0 radical (unpaired) electrons. The van der Waals surface area contributed by atoms with Crippen LogP contribution in [-0.4, -0.2) is 52.7 Å². The maximum Gasteiger partial charge on any atom is 0.587 e. The van der Waals surface area contributed by atoms with E-state index in [1.807, 2.05) is 4.98 Å². The average Bonchev–Trinajstić information content (AvgIpc) is 3.62. The molecule has 3 aromatic rings. The number of phosphoric ester groups is 1. The van der Waals surface area contributed by atoms with E-state index in [4.69, 9.17) is 37.3 Å². The molecule has 0 saturated carbocycles. The fourth-order valence-corrected chi connectivity index (χ4v) is 5.54. The predicted octanol–water partition coefficient (Wildman–Crippen LogP) is 2.26. The smallest absolute Gasteiger partial charge is 0.454 e. The number of nitrogens with one attached hydrogen (secondary N) is 1. The van der Waals surface area contributed by atoms with Crippen molar-refractivity contribution in [3.8, 4) is 34.5 Å². The van der Waals surface area contributed by atoms with Gasteiger partial charge in [-0.3, -0.25) is 18.9 Å². The van der Waals surface area contributed by atoms with E-state index in [-0.39, 0.29) is 25.1 Å². The molecule has 0 unspecified atom stereocenters. The minimum Gasteiger partial charge on any atom is -0.454 e. The van der Waals surface area contributed by atoms with Gasteiger partial charge >= 0.3 is 13.5 Å². The summed E-state index contributed by atoms with van der Waals surface area (Å²) in [4.78, 5) is 25.7. The molecule has 0 amide bonds. The zero-order valence-corrected chi connectivity index (χ0v) is 21.6. The first-order chi connectivity index (χ1) is 19.1. The summed E-state index contributed by atoms with van der Waals surface area (Å²) >= 11 is 0. The topological polar surface area (TPSA) is 166 Å². The molecule has 1 aromatic heterocycles. The molecule has 2 aromatic carbocycles. The molecule has 0 spiro atoms. The van der Waals surface area contributed by atoms with E-state index < -0.39 is 49.8 Å². The SMILES string of the molecule is C[C@@]1(F)[C@H](O)[C@@H](COP(=O)(Oc2ccc3c(c2)OCO3)Oc2ccc3c(c2)OCO3)O[C@H]1n1ccc(=O)[nH]c1=O. The molecule has 2 N–H and O–H groups in total. The Hall–Kier alpha value is -4.04. The first-order valence-electron chi connectivity index (χ1n) is 11.9. The summed E-state index contributed by atoms with van der Waals surface area (Å²) in [5, 5.41) is 10.7. The molecule has 40 heavy (non-hydrogen) atoms. The lowest BCUT2D eigenvalue weighted by atomic mass is 9.98. The Kier molecular flexibility index (Phi) is 6.45. The number of aliphatic hydroxyl groups excluding tert-OH is 1. The Morgan fingerprint density at radius 3 is 2.15 bits per heavy atom. The Balaban J connectivity index is 1.25. The van der Waals surface area contributed by atoms with Gasteiger partial charge in [0.05, 0.1) is 6.61 Å². The van der Waals surface area contributed by atoms with Crippen molar-refractivity contribution in [3.63, 3.8) is 0 Å². The van der Waals surface area contributed by atoms with Crippen LogP contribution in [0, 0.1) is 0 Å². The lowest BCUT2D eigenvalue weighted by molar-refractivity contribution is -0.0601. The van der Waals surface area contributed by atoms with E-state index in [9.17, 15) is 19.3 Å². The number of H-pyrrole nitrogens is 1. The van der Waals surface area contributed by atoms with Crippen LogP contribution < -0.4 is 39.2 Å². The van der Waals surface area contributed by atoms with E-state index in [0.717, 1.165) is 23.8 Å². The molecular weight excluding hydrogens is 558 g/mol. The summed E-state index contributed by atoms with van der Waals surface area (Å²) in [6.07, 6.45) is -3.85. The van der Waals surface area contributed by atoms with Gasteiger partial charge in [-0.25, -0.2) is 13.8 Å². The van der Waals surface area contributed by atoms with Crippen LogP contribution in [0.25, 0.3) is 0 Å². The van der Waals surface area contributed by atoms with Crippen molar-refractivity contribution in [2.45, 2.75) is 31.0 Å². The number of ether oxygens (including phenoxy) is 5. The molecule has 0 aliphatic carbocycles. The number of hydrogen-bond acceptors (Lipinski definition) is 12. The van der Waals surface area contributed by atoms with E-state index in [2.05, 4.69) is 0 Å². The monoisotopic (exact) mass is 580 g/mol. The van der Waals surface area contributed by atoms with Crippen molar-refractivity contribution in [2.75, 3.05) is 20.2 Å². The van der Waals surface area contributed by atoms with Crippen LogP contribution in [-0.2, 0) is 13.8 Å². The van der Waals surface area contributed by atoms with Crippen LogP contribution in [0.3, 0.4) is 0 Å². The average molecular weight is 580 g/mol. The first kappa shape index (κ1) is 26.2. The molecule has 14 nitrogen and oxygen atoms in total. The number of hydrogen-bond donors (Lipinski definition) is 2. The van der Waals surface area contributed by atoms with Gasteiger partial charge in [0.25, 0.3) is 5.56 Å². The molecule has 1 fully saturated rings. The quantitative estimate of drug-likeness (QED) is 0.374. The molecule has 212 valence electrons. The fourth-order valence-electron chi connectivity index (χ4n) is 4.32. The van der Waals surface area contributed by atoms with Crippen molar-refractivity contribution in [2.24, 2.45) is 0 Å². The summed E-state index contributed by atoms with van der Waals surface area (Å²) in [7, 11) is -4.56. The number of fused-ring (bicyclic) bond motifs is 2. The highest BCUT2D eigenvalue weighted by molar-refractivity contribution is 7.49. The van der Waals surface area contributed by atoms with Gasteiger partial charge in [-0.2, -0.15) is 0 Å². The Bertz CT molecular complexity index is 1540. The highest BCUT2D eigenvalue weighted by Gasteiger charge is 2.56. The number of nitrogens with zero attached hydrogens (tertiary/aromatic N) is 1. The number of aromatic nitrogens is 2. The number of benzene rings is 2. The van der Waals surface area contributed by atoms with Gasteiger partial charge in [0.15, 0.2) is 34.9 Å². The van der Waals surface area contributed by atoms with E-state index >= 15 is 4.39 Å². The fraction of sp³-hybridized carbons (Fsp3) is 0.333. The van der Waals surface area contributed by atoms with Crippen LogP contribution in [0.4, 0.5) is 4.39 Å². The van der Waals surface area contributed by atoms with E-state index in [0.29, 0.717) is 23.0 Å². The van der Waals surface area contributed by atoms with Gasteiger partial charge in [-0.05, 0) is 31.2 Å². The van der Waals surface area contributed by atoms with Crippen molar-refractivity contribution in [1.29, 1.82) is 0 Å². The second-order valence-electron chi connectivity index (χ2n) is 9.10. The maximum absolute atomic E-state index is 15.6. The summed E-state index contributed by atoms with van der Waals surface area (Å²) in [5.74, 6) is 1.65. The van der Waals surface area contributed by atoms with Gasteiger partial charge in [0, 0.05) is 24.4 Å². The second-order valence-corrected chi connectivity index (χ2v) is 10.6. The Labute approximate surface area is 224 Å². The van der Waals surface area contributed by atoms with Gasteiger partial charge in [-0.1, -0.05) is 0 Å². The largest absolute Gasteiger partial charge is 0.587 e. The normalized spacial score (nSPS) is 24.7. The van der Waals surface area contributed by atoms with Gasteiger partial charge in [0.1, 0.15) is 23.7 Å². The second kappa shape index (κ2) is 9.86. The van der Waals surface area contributed by atoms with E-state index in [1.54, 1.807) is 0 Å². The number of rotatable bonds is 8. The van der Waals surface area contributed by atoms with Crippen LogP contribution in [0.2, 0.25) is 0 Å². The predicted molar refractivity (Wildman–Crippen MR) is 131 cm³/mol. The van der Waals surface area contributed by atoms with Crippen molar-refractivity contribution >= 4 is 7.82 Å². The molecule has 3 aliphatic heterocycles. The Morgan fingerprint density at radius 1 is 1.00 bits per heavy atom. The Morgan fingerprint density at radius 2 is 1.57 bits per heavy atom. The van der Waals surface area contributed by atoms with Crippen molar-refractivity contribution in [3.05, 3.63) is 69.5 Å².